The predicted octanol–water partition coefficient (Wildman–Crippen LogP) is 1.35. The number of aliphatic imine (C=N–C) groups is 1. The van der Waals surface area contributed by atoms with E-state index in [2.05, 4.69) is 24.9 Å². The first-order chi connectivity index (χ1) is 8.50. The summed E-state index contributed by atoms with van der Waals surface area (Å²) in [4.78, 5) is 21.9. The number of nitrogens with zero attached hydrogens (tertiary/aromatic N) is 5. The predicted molar refractivity (Wildman–Crippen MR) is 66.2 cm³/mol. The first-order valence-corrected chi connectivity index (χ1v) is 5.35. The molecule has 0 unspecified atom stereocenters. The molecule has 0 saturated carbocycles. The van der Waals surface area contributed by atoms with Crippen molar-refractivity contribution in [3.05, 3.63) is 11.3 Å². The highest BCUT2D eigenvalue weighted by Gasteiger charge is 2.19. The lowest BCUT2D eigenvalue weighted by atomic mass is 10.1. The molecule has 0 aliphatic carbocycles. The molecular weight excluding hydrogens is 234 g/mol. The molecule has 2 aromatic rings. The number of ketones is 1. The van der Waals surface area contributed by atoms with E-state index in [1.165, 1.54) is 6.92 Å². The van der Waals surface area contributed by atoms with E-state index in [4.69, 9.17) is 0 Å². The van der Waals surface area contributed by atoms with E-state index in [0.29, 0.717) is 28.1 Å². The zero-order valence-corrected chi connectivity index (χ0v) is 10.6. The molecule has 2 heterocycles. The van der Waals surface area contributed by atoms with E-state index in [1.807, 2.05) is 14.1 Å². The molecule has 2 aromatic heterocycles. The quantitative estimate of drug-likeness (QED) is 0.462. The van der Waals surface area contributed by atoms with Crippen LogP contribution in [0.3, 0.4) is 0 Å². The molecule has 0 aliphatic rings. The number of hydrogen-bond donors (Lipinski definition) is 0. The summed E-state index contributed by atoms with van der Waals surface area (Å²) in [6.45, 7) is 3.21. The van der Waals surface area contributed by atoms with Crippen LogP contribution in [0.2, 0.25) is 0 Å². The highest BCUT2D eigenvalue weighted by atomic mass is 16.6. The average Bonchev–Trinajstić information content (AvgIpc) is 2.71. The van der Waals surface area contributed by atoms with Gasteiger partial charge in [0, 0.05) is 14.1 Å². The maximum absolute atomic E-state index is 11.7. The Hall–Kier alpha value is -2.31. The number of Topliss-reactive ketones (excluding diaryl/α,β-unsaturated/α-hetero) is 1. The summed E-state index contributed by atoms with van der Waals surface area (Å²) in [6, 6.07) is 0. The first kappa shape index (κ1) is 12.2. The van der Waals surface area contributed by atoms with E-state index in [-0.39, 0.29) is 5.78 Å². The van der Waals surface area contributed by atoms with Crippen molar-refractivity contribution in [1.82, 2.24) is 20.2 Å². The standard InChI is InChI=1S/C11H13N5O2/c1-6-8(7(2)17)9(12-5-16(3)4)10-11(13-6)15-18-14-10/h5H,1-4H3. The zero-order valence-electron chi connectivity index (χ0n) is 10.6. The van der Waals surface area contributed by atoms with E-state index in [0.717, 1.165) is 0 Å². The third-order valence-electron chi connectivity index (χ3n) is 2.34. The lowest BCUT2D eigenvalue weighted by Gasteiger charge is -2.07. The van der Waals surface area contributed by atoms with Gasteiger partial charge in [-0.2, -0.15) is 0 Å². The van der Waals surface area contributed by atoms with Gasteiger partial charge in [-0.1, -0.05) is 0 Å². The molecule has 0 amide bonds. The minimum absolute atomic E-state index is 0.115. The van der Waals surface area contributed by atoms with Gasteiger partial charge in [-0.25, -0.2) is 14.6 Å². The SMILES string of the molecule is CC(=O)c1c(C)nc2nonc2c1N=CN(C)C. The van der Waals surface area contributed by atoms with Gasteiger partial charge in [0.2, 0.25) is 5.65 Å². The monoisotopic (exact) mass is 247 g/mol. The molecule has 0 atom stereocenters. The summed E-state index contributed by atoms with van der Waals surface area (Å²) in [5, 5.41) is 7.42. The van der Waals surface area contributed by atoms with Gasteiger partial charge in [-0.15, -0.1) is 0 Å². The molecule has 94 valence electrons. The molecule has 0 bridgehead atoms. The maximum atomic E-state index is 11.7. The lowest BCUT2D eigenvalue weighted by molar-refractivity contribution is 0.101. The van der Waals surface area contributed by atoms with Crippen molar-refractivity contribution in [3.63, 3.8) is 0 Å². The van der Waals surface area contributed by atoms with Gasteiger partial charge < -0.3 is 4.90 Å². The first-order valence-electron chi connectivity index (χ1n) is 5.35. The largest absolute Gasteiger partial charge is 0.369 e. The second kappa shape index (κ2) is 4.52. The van der Waals surface area contributed by atoms with Crippen LogP contribution in [0.1, 0.15) is 23.0 Å². The topological polar surface area (TPSA) is 84.5 Å². The Balaban J connectivity index is 2.75. The summed E-state index contributed by atoms with van der Waals surface area (Å²) in [5.74, 6) is -0.115. The van der Waals surface area contributed by atoms with Crippen molar-refractivity contribution in [2.45, 2.75) is 13.8 Å². The lowest BCUT2D eigenvalue weighted by Crippen LogP contribution is -2.08. The normalized spacial score (nSPS) is 11.3. The van der Waals surface area contributed by atoms with E-state index < -0.39 is 0 Å². The molecule has 0 saturated heterocycles. The van der Waals surface area contributed by atoms with Gasteiger partial charge >= 0.3 is 0 Å². The van der Waals surface area contributed by atoms with Crippen molar-refractivity contribution in [2.75, 3.05) is 14.1 Å². The highest BCUT2D eigenvalue weighted by Crippen LogP contribution is 2.29. The number of aryl methyl sites for hydroxylation is 1. The van der Waals surface area contributed by atoms with Gasteiger partial charge in [0.1, 0.15) is 5.69 Å². The Kier molecular flexibility index (Phi) is 3.05. The molecule has 0 fully saturated rings. The Bertz CT molecular complexity index is 630. The molecular formula is C11H13N5O2. The third kappa shape index (κ3) is 2.06. The van der Waals surface area contributed by atoms with Crippen molar-refractivity contribution in [3.8, 4) is 0 Å². The molecule has 0 spiro atoms. The van der Waals surface area contributed by atoms with E-state index >= 15 is 0 Å². The molecule has 0 aromatic carbocycles. The minimum atomic E-state index is -0.115. The van der Waals surface area contributed by atoms with Crippen LogP contribution >= 0.6 is 0 Å². The van der Waals surface area contributed by atoms with Crippen molar-refractivity contribution in [1.29, 1.82) is 0 Å². The molecule has 0 aliphatic heterocycles. The van der Waals surface area contributed by atoms with Crippen LogP contribution in [0.15, 0.2) is 9.62 Å². The van der Waals surface area contributed by atoms with E-state index in [1.54, 1.807) is 18.2 Å². The Morgan fingerprint density at radius 2 is 2.11 bits per heavy atom. The van der Waals surface area contributed by atoms with Crippen LogP contribution in [0, 0.1) is 6.92 Å². The smallest absolute Gasteiger partial charge is 0.226 e. The number of fused-ring (bicyclic) bond motifs is 1. The van der Waals surface area contributed by atoms with Gasteiger partial charge in [-0.05, 0) is 24.2 Å². The Morgan fingerprint density at radius 3 is 2.72 bits per heavy atom. The molecule has 0 radical (unpaired) electrons. The van der Waals surface area contributed by atoms with Crippen molar-refractivity contribution >= 4 is 29.0 Å². The summed E-state index contributed by atoms with van der Waals surface area (Å²) in [6.07, 6.45) is 1.59. The van der Waals surface area contributed by atoms with Crippen LogP contribution in [-0.4, -0.2) is 46.4 Å². The number of carbonyl (C=O) groups excluding carboxylic acids is 1. The number of hydrogen-bond acceptors (Lipinski definition) is 6. The minimum Gasteiger partial charge on any atom is -0.369 e. The van der Waals surface area contributed by atoms with Crippen LogP contribution < -0.4 is 0 Å². The summed E-state index contributed by atoms with van der Waals surface area (Å²) in [5.41, 5.74) is 2.19. The second-order valence-corrected chi connectivity index (χ2v) is 4.12. The number of aromatic nitrogens is 3. The van der Waals surface area contributed by atoms with Gasteiger partial charge in [0.25, 0.3) is 0 Å². The van der Waals surface area contributed by atoms with Crippen LogP contribution in [0.25, 0.3) is 11.2 Å². The fraction of sp³-hybridized carbons (Fsp3) is 0.364. The molecule has 7 heteroatoms. The average molecular weight is 247 g/mol. The highest BCUT2D eigenvalue weighted by molar-refractivity contribution is 6.05. The fourth-order valence-electron chi connectivity index (χ4n) is 1.63. The number of carbonyl (C=O) groups is 1. The summed E-state index contributed by atoms with van der Waals surface area (Å²) in [7, 11) is 3.67. The molecule has 18 heavy (non-hydrogen) atoms. The van der Waals surface area contributed by atoms with Crippen LogP contribution in [-0.2, 0) is 0 Å². The second-order valence-electron chi connectivity index (χ2n) is 4.12. The van der Waals surface area contributed by atoms with E-state index in [9.17, 15) is 4.79 Å². The number of pyridine rings is 1. The Morgan fingerprint density at radius 1 is 1.39 bits per heavy atom. The van der Waals surface area contributed by atoms with Crippen molar-refractivity contribution in [2.24, 2.45) is 4.99 Å². The molecule has 7 nitrogen and oxygen atoms in total. The van der Waals surface area contributed by atoms with Gasteiger partial charge in [0.15, 0.2) is 11.3 Å². The summed E-state index contributed by atoms with van der Waals surface area (Å²) >= 11 is 0. The van der Waals surface area contributed by atoms with Gasteiger partial charge in [-0.3, -0.25) is 4.79 Å². The Labute approximate surface area is 103 Å². The summed E-state index contributed by atoms with van der Waals surface area (Å²) < 4.78 is 4.64. The zero-order chi connectivity index (χ0) is 13.3. The molecule has 2 rings (SSSR count). The van der Waals surface area contributed by atoms with Crippen molar-refractivity contribution < 1.29 is 9.42 Å². The fourth-order valence-corrected chi connectivity index (χ4v) is 1.63. The van der Waals surface area contributed by atoms with Crippen LogP contribution in [0.4, 0.5) is 5.69 Å². The van der Waals surface area contributed by atoms with Gasteiger partial charge in [0.05, 0.1) is 17.6 Å². The third-order valence-corrected chi connectivity index (χ3v) is 2.34. The van der Waals surface area contributed by atoms with Crippen LogP contribution in [0.5, 0.6) is 0 Å². The molecule has 0 N–H and O–H groups in total. The maximum Gasteiger partial charge on any atom is 0.226 e. The number of rotatable bonds is 3.